The van der Waals surface area contributed by atoms with Crippen molar-refractivity contribution in [3.05, 3.63) is 49.8 Å². The van der Waals surface area contributed by atoms with Gasteiger partial charge in [0.15, 0.2) is 5.43 Å². The van der Waals surface area contributed by atoms with Gasteiger partial charge < -0.3 is 4.42 Å². The van der Waals surface area contributed by atoms with E-state index in [0.717, 1.165) is 36.7 Å². The molecule has 2 aromatic heterocycles. The molecule has 0 aliphatic heterocycles. The summed E-state index contributed by atoms with van der Waals surface area (Å²) in [4.78, 5) is 12.6. The first-order valence-corrected chi connectivity index (χ1v) is 10.3. The number of nitrogens with zero attached hydrogens (tertiary/aromatic N) is 3. The molecule has 1 aliphatic rings. The summed E-state index contributed by atoms with van der Waals surface area (Å²) in [6.07, 6.45) is -0.248. The van der Waals surface area contributed by atoms with E-state index in [2.05, 4.69) is 5.10 Å². The summed E-state index contributed by atoms with van der Waals surface area (Å²) < 4.78 is 49.8. The van der Waals surface area contributed by atoms with Gasteiger partial charge in [0.25, 0.3) is 0 Å². The summed E-state index contributed by atoms with van der Waals surface area (Å²) in [5, 5.41) is 4.18. The summed E-state index contributed by atoms with van der Waals surface area (Å²) in [7, 11) is 0. The molecular formula is C21H22F3N3O2S. The van der Waals surface area contributed by atoms with E-state index in [0.29, 0.717) is 22.5 Å². The molecule has 1 aliphatic carbocycles. The molecule has 160 valence electrons. The van der Waals surface area contributed by atoms with Crippen molar-refractivity contribution in [2.45, 2.75) is 65.1 Å². The van der Waals surface area contributed by atoms with Crippen molar-refractivity contribution in [3.63, 3.8) is 0 Å². The Morgan fingerprint density at radius 3 is 2.43 bits per heavy atom. The second-order valence-corrected chi connectivity index (χ2v) is 8.30. The van der Waals surface area contributed by atoms with Crippen LogP contribution in [0.3, 0.4) is 0 Å². The lowest BCUT2D eigenvalue weighted by Crippen LogP contribution is -2.16. The van der Waals surface area contributed by atoms with Gasteiger partial charge in [-0.25, -0.2) is 4.68 Å². The van der Waals surface area contributed by atoms with Gasteiger partial charge in [-0.05, 0) is 63.0 Å². The Morgan fingerprint density at radius 2 is 1.80 bits per heavy atom. The van der Waals surface area contributed by atoms with E-state index in [9.17, 15) is 18.0 Å². The van der Waals surface area contributed by atoms with Crippen LogP contribution in [-0.2, 0) is 6.18 Å². The number of hydrogen-bond acceptors (Lipinski definition) is 4. The number of fused-ring (bicyclic) bond motifs is 1. The number of alkyl halides is 3. The molecule has 5 nitrogen and oxygen atoms in total. The van der Waals surface area contributed by atoms with Crippen LogP contribution in [0.4, 0.5) is 13.2 Å². The molecule has 1 fully saturated rings. The summed E-state index contributed by atoms with van der Waals surface area (Å²) >= 11 is 5.49. The second-order valence-electron chi connectivity index (χ2n) is 7.94. The number of benzene rings is 1. The van der Waals surface area contributed by atoms with Crippen LogP contribution in [0.2, 0.25) is 0 Å². The quantitative estimate of drug-likeness (QED) is 0.464. The van der Waals surface area contributed by atoms with Crippen molar-refractivity contribution in [1.29, 1.82) is 0 Å². The molecule has 3 aromatic rings. The number of hydrogen-bond donors (Lipinski definition) is 0. The van der Waals surface area contributed by atoms with Crippen molar-refractivity contribution in [2.75, 3.05) is 0 Å². The maximum atomic E-state index is 13.9. The van der Waals surface area contributed by atoms with E-state index < -0.39 is 12.0 Å². The molecule has 0 atom stereocenters. The summed E-state index contributed by atoms with van der Waals surface area (Å²) in [6.45, 7) is 4.98. The average Bonchev–Trinajstić information content (AvgIpc) is 3.02. The minimum Gasteiger partial charge on any atom is -0.461 e. The van der Waals surface area contributed by atoms with Crippen LogP contribution in [-0.4, -0.2) is 14.3 Å². The summed E-state index contributed by atoms with van der Waals surface area (Å²) in [5.41, 5.74) is 1.23. The van der Waals surface area contributed by atoms with Gasteiger partial charge in [-0.15, -0.1) is 5.10 Å². The maximum Gasteiger partial charge on any atom is 0.452 e. The minimum absolute atomic E-state index is 0.00688. The van der Waals surface area contributed by atoms with Crippen molar-refractivity contribution >= 4 is 23.2 Å². The molecule has 0 saturated heterocycles. The summed E-state index contributed by atoms with van der Waals surface area (Å²) in [6, 6.07) is 2.77. The van der Waals surface area contributed by atoms with Gasteiger partial charge in [0.1, 0.15) is 11.3 Å². The Morgan fingerprint density at radius 1 is 1.13 bits per heavy atom. The Hall–Kier alpha value is -2.42. The Bertz CT molecular complexity index is 1250. The zero-order chi connectivity index (χ0) is 21.8. The normalized spacial score (nSPS) is 15.8. The Kier molecular flexibility index (Phi) is 5.12. The van der Waals surface area contributed by atoms with Crippen LogP contribution in [0, 0.1) is 25.5 Å². The number of aromatic nitrogens is 3. The first kappa shape index (κ1) is 20.8. The van der Waals surface area contributed by atoms with Crippen LogP contribution in [0.15, 0.2) is 21.3 Å². The molecule has 0 unspecified atom stereocenters. The Labute approximate surface area is 176 Å². The van der Waals surface area contributed by atoms with E-state index in [1.54, 1.807) is 26.8 Å². The first-order chi connectivity index (χ1) is 14.1. The monoisotopic (exact) mass is 437 g/mol. The molecule has 9 heteroatoms. The largest absolute Gasteiger partial charge is 0.461 e. The fourth-order valence-corrected chi connectivity index (χ4v) is 4.70. The molecule has 0 bridgehead atoms. The second kappa shape index (κ2) is 7.37. The number of aryl methyl sites for hydroxylation is 3. The lowest BCUT2D eigenvalue weighted by atomic mass is 9.96. The zero-order valence-electron chi connectivity index (χ0n) is 17.0. The Balaban J connectivity index is 2.04. The fraction of sp³-hybridized carbons (Fsp3) is 0.476. The average molecular weight is 437 g/mol. The maximum absolute atomic E-state index is 13.9. The third-order valence-electron chi connectivity index (χ3n) is 5.76. The highest BCUT2D eigenvalue weighted by Crippen LogP contribution is 2.36. The van der Waals surface area contributed by atoms with Crippen LogP contribution < -0.4 is 5.43 Å². The van der Waals surface area contributed by atoms with Gasteiger partial charge in [0.05, 0.1) is 17.1 Å². The number of rotatable bonds is 2. The van der Waals surface area contributed by atoms with E-state index in [1.807, 2.05) is 0 Å². The molecule has 1 aromatic carbocycles. The lowest BCUT2D eigenvalue weighted by molar-refractivity contribution is -0.146. The van der Waals surface area contributed by atoms with Gasteiger partial charge in [-0.2, -0.15) is 13.2 Å². The van der Waals surface area contributed by atoms with Crippen LogP contribution in [0.5, 0.6) is 0 Å². The molecule has 0 spiro atoms. The third-order valence-corrected chi connectivity index (χ3v) is 6.13. The predicted molar refractivity (Wildman–Crippen MR) is 110 cm³/mol. The molecule has 4 rings (SSSR count). The first-order valence-electron chi connectivity index (χ1n) is 9.93. The molecular weight excluding hydrogens is 415 g/mol. The third kappa shape index (κ3) is 3.38. The molecule has 0 N–H and O–H groups in total. The van der Waals surface area contributed by atoms with Crippen molar-refractivity contribution in [1.82, 2.24) is 14.3 Å². The molecule has 0 radical (unpaired) electrons. The van der Waals surface area contributed by atoms with E-state index >= 15 is 0 Å². The number of halogens is 3. The molecule has 2 heterocycles. The molecule has 30 heavy (non-hydrogen) atoms. The lowest BCUT2D eigenvalue weighted by Gasteiger charge is -2.21. The highest BCUT2D eigenvalue weighted by Gasteiger charge is 2.40. The SMILES string of the molecule is Cc1cc(=O)c2c(C)c(-n3c(C(F)(F)F)nn(C4CCCCC4)c3=S)cc(C)c2o1. The fourth-order valence-electron chi connectivity index (χ4n) is 4.33. The van der Waals surface area contributed by atoms with Crippen LogP contribution >= 0.6 is 12.2 Å². The van der Waals surface area contributed by atoms with Crippen LogP contribution in [0.25, 0.3) is 16.7 Å². The van der Waals surface area contributed by atoms with E-state index in [-0.39, 0.29) is 27.3 Å². The van der Waals surface area contributed by atoms with Gasteiger partial charge in [0, 0.05) is 6.07 Å². The van der Waals surface area contributed by atoms with Gasteiger partial charge >= 0.3 is 6.18 Å². The smallest absolute Gasteiger partial charge is 0.452 e. The highest BCUT2D eigenvalue weighted by molar-refractivity contribution is 7.71. The van der Waals surface area contributed by atoms with Crippen LogP contribution in [0.1, 0.15) is 60.9 Å². The minimum atomic E-state index is -4.69. The molecule has 1 saturated carbocycles. The van der Waals surface area contributed by atoms with E-state index in [1.165, 1.54) is 10.7 Å². The van der Waals surface area contributed by atoms with Crippen molar-refractivity contribution in [2.24, 2.45) is 0 Å². The van der Waals surface area contributed by atoms with Gasteiger partial charge in [-0.1, -0.05) is 19.3 Å². The van der Waals surface area contributed by atoms with Crippen molar-refractivity contribution in [3.8, 4) is 5.69 Å². The predicted octanol–water partition coefficient (Wildman–Crippen LogP) is 5.96. The van der Waals surface area contributed by atoms with E-state index in [4.69, 9.17) is 16.6 Å². The highest BCUT2D eigenvalue weighted by atomic mass is 32.1. The van der Waals surface area contributed by atoms with Gasteiger partial charge in [-0.3, -0.25) is 9.36 Å². The zero-order valence-corrected chi connectivity index (χ0v) is 17.8. The van der Waals surface area contributed by atoms with Crippen molar-refractivity contribution < 1.29 is 17.6 Å². The summed E-state index contributed by atoms with van der Waals surface area (Å²) in [5.74, 6) is -0.628. The molecule has 0 amide bonds. The topological polar surface area (TPSA) is 53.0 Å². The standard InChI is InChI=1S/C21H22F3N3O2S/c1-11-9-15(13(3)17-16(28)10-12(2)29-18(11)17)26-19(21(22,23)24)25-27(20(26)30)14-7-5-4-6-8-14/h9-10,14H,4-8H2,1-3H3. The van der Waals surface area contributed by atoms with Gasteiger partial charge in [0.2, 0.25) is 10.6 Å².